The number of aromatic carboxylic acids is 1. The molecule has 0 saturated heterocycles. The molecule has 4 aromatic carbocycles. The minimum atomic E-state index is -3.72. The van der Waals surface area contributed by atoms with E-state index in [4.69, 9.17) is 5.11 Å². The molecule has 2 aromatic heterocycles. The Balaban J connectivity index is 0.000000251. The predicted octanol–water partition coefficient (Wildman–Crippen LogP) is 5.84. The molecule has 20 heteroatoms. The molecule has 0 fully saturated rings. The maximum Gasteiger partial charge on any atom is 0.358 e. The minimum Gasteiger partial charge on any atom is -0.476 e. The quantitative estimate of drug-likeness (QED) is 0.0395. The molecule has 2 heterocycles. The number of benzene rings is 4. The maximum absolute atomic E-state index is 12.6. The minimum absolute atomic E-state index is 0.000965. The number of ether oxygens (including phenoxy) is 1. The summed E-state index contributed by atoms with van der Waals surface area (Å²) in [5, 5.41) is 37.0. The van der Waals surface area contributed by atoms with E-state index >= 15 is 0 Å². The Labute approximate surface area is 391 Å². The molecule has 0 saturated carbocycles. The summed E-state index contributed by atoms with van der Waals surface area (Å²) < 4.78 is 63.5. The first-order valence-electron chi connectivity index (χ1n) is 21.2. The third-order valence-corrected chi connectivity index (χ3v) is 13.4. The number of β-amino-alcohol motifs (C(OH)–C–C–N with tert-alkyl or cyclic N) is 2. The molecule has 6 rings (SSSR count). The molecule has 358 valence electrons. The van der Waals surface area contributed by atoms with Crippen LogP contribution in [0.4, 0.5) is 11.4 Å². The number of rotatable bonds is 22. The molecule has 2 unspecified atom stereocenters. The molecule has 2 atom stereocenters. The number of aliphatic hydroxyl groups excluding tert-OH is 2. The second-order valence-electron chi connectivity index (χ2n) is 16.9. The third-order valence-electron chi connectivity index (χ3n) is 10.6. The van der Waals surface area contributed by atoms with Gasteiger partial charge in [-0.3, -0.25) is 9.44 Å². The van der Waals surface area contributed by atoms with Gasteiger partial charge >= 0.3 is 11.9 Å². The number of carbonyl (C=O) groups is 2. The van der Waals surface area contributed by atoms with Crippen LogP contribution in [0.15, 0.2) is 144 Å². The van der Waals surface area contributed by atoms with Crippen LogP contribution in [-0.2, 0) is 37.9 Å². The zero-order valence-corrected chi connectivity index (χ0v) is 39.5. The first-order chi connectivity index (χ1) is 31.6. The van der Waals surface area contributed by atoms with Crippen molar-refractivity contribution >= 4 is 43.4 Å². The number of sulfonamides is 2. The van der Waals surface area contributed by atoms with Crippen LogP contribution in [0.25, 0.3) is 0 Å². The number of aliphatic hydroxyl groups is 2. The van der Waals surface area contributed by atoms with Crippen molar-refractivity contribution in [2.45, 2.75) is 86.7 Å². The topological polar surface area (TPSA) is 256 Å². The monoisotopic (exact) mass is 958 g/mol. The number of aryl methyl sites for hydroxylation is 2. The van der Waals surface area contributed by atoms with E-state index in [0.717, 1.165) is 0 Å². The SMILES string of the molecule is CC(C)(CCn1cnc(C(=O)O)c1)NCC(O)c1cccc(NS(=O)(=O)c2ccccc2)c1.COC(=O)c1cn(CCC(C)(C)NCC(O)c2cccc(NS(=O)(=O)c3ccccc3)c2)cn1. The molecule has 0 radical (unpaired) electrons. The van der Waals surface area contributed by atoms with E-state index in [1.54, 1.807) is 102 Å². The van der Waals surface area contributed by atoms with Crippen LogP contribution in [0.1, 0.15) is 84.8 Å². The lowest BCUT2D eigenvalue weighted by Crippen LogP contribution is -2.42. The van der Waals surface area contributed by atoms with Crippen molar-refractivity contribution in [2.75, 3.05) is 29.6 Å². The second-order valence-corrected chi connectivity index (χ2v) is 20.3. The summed E-state index contributed by atoms with van der Waals surface area (Å²) in [5.41, 5.74) is 1.50. The van der Waals surface area contributed by atoms with Gasteiger partial charge in [-0.15, -0.1) is 0 Å². The number of nitrogens with one attached hydrogen (secondary N) is 4. The van der Waals surface area contributed by atoms with E-state index in [-0.39, 0.29) is 45.3 Å². The average molecular weight is 959 g/mol. The van der Waals surface area contributed by atoms with Gasteiger partial charge in [0.2, 0.25) is 0 Å². The van der Waals surface area contributed by atoms with E-state index in [0.29, 0.717) is 48.4 Å². The number of hydrogen-bond acceptors (Lipinski definition) is 13. The summed E-state index contributed by atoms with van der Waals surface area (Å²) in [5.74, 6) is -1.55. The predicted molar refractivity (Wildman–Crippen MR) is 253 cm³/mol. The van der Waals surface area contributed by atoms with Crippen LogP contribution < -0.4 is 20.1 Å². The Hall–Kier alpha value is -6.42. The maximum atomic E-state index is 12.6. The highest BCUT2D eigenvalue weighted by atomic mass is 32.2. The van der Waals surface area contributed by atoms with Crippen LogP contribution in [0.3, 0.4) is 0 Å². The highest BCUT2D eigenvalue weighted by molar-refractivity contribution is 7.93. The molecule has 67 heavy (non-hydrogen) atoms. The van der Waals surface area contributed by atoms with Gasteiger partial charge in [-0.1, -0.05) is 60.7 Å². The van der Waals surface area contributed by atoms with Crippen LogP contribution in [0.5, 0.6) is 0 Å². The van der Waals surface area contributed by atoms with Crippen molar-refractivity contribution in [1.29, 1.82) is 0 Å². The van der Waals surface area contributed by atoms with E-state index in [1.165, 1.54) is 43.9 Å². The van der Waals surface area contributed by atoms with Gasteiger partial charge in [-0.05, 0) is 100 Å². The number of esters is 1. The number of carboxylic acid groups (broad SMARTS) is 1. The smallest absolute Gasteiger partial charge is 0.358 e. The lowest BCUT2D eigenvalue weighted by molar-refractivity contribution is 0.0593. The van der Waals surface area contributed by atoms with Crippen LogP contribution in [-0.4, -0.2) is 94.5 Å². The summed E-state index contributed by atoms with van der Waals surface area (Å²) in [7, 11) is -6.12. The van der Waals surface area contributed by atoms with Crippen LogP contribution in [0, 0.1) is 0 Å². The highest BCUT2D eigenvalue weighted by Gasteiger charge is 2.23. The first kappa shape index (κ1) is 51.6. The molecule has 0 aliphatic rings. The molecule has 0 bridgehead atoms. The Kier molecular flexibility index (Phi) is 17.6. The summed E-state index contributed by atoms with van der Waals surface area (Å²) in [4.78, 5) is 30.7. The number of methoxy groups -OCH3 is 1. The van der Waals surface area contributed by atoms with Gasteiger partial charge in [0.15, 0.2) is 11.4 Å². The fraction of sp³-hybridized carbons (Fsp3) is 0.319. The lowest BCUT2D eigenvalue weighted by Gasteiger charge is -2.28. The van der Waals surface area contributed by atoms with Gasteiger partial charge in [0.1, 0.15) is 0 Å². The number of carbonyl (C=O) groups excluding carboxylic acids is 1. The molecule has 0 aliphatic heterocycles. The van der Waals surface area contributed by atoms with Crippen LogP contribution >= 0.6 is 0 Å². The number of aromatic nitrogens is 4. The number of nitrogens with zero attached hydrogens (tertiary/aromatic N) is 4. The number of anilines is 2. The van der Waals surface area contributed by atoms with Crippen molar-refractivity contribution < 1.29 is 46.5 Å². The molecule has 0 spiro atoms. The summed E-state index contributed by atoms with van der Waals surface area (Å²) in [6.07, 6.45) is 5.89. The van der Waals surface area contributed by atoms with Gasteiger partial charge in [0.25, 0.3) is 20.0 Å². The molecular formula is C47H58N8O10S2. The van der Waals surface area contributed by atoms with Crippen LogP contribution in [0.2, 0.25) is 0 Å². The molecule has 7 N–H and O–H groups in total. The zero-order valence-electron chi connectivity index (χ0n) is 37.9. The number of carboxylic acids is 1. The van der Waals surface area contributed by atoms with Gasteiger partial charge in [-0.25, -0.2) is 36.4 Å². The fourth-order valence-corrected chi connectivity index (χ4v) is 8.65. The number of hydrogen-bond donors (Lipinski definition) is 7. The Bertz CT molecular complexity index is 2780. The first-order valence-corrected chi connectivity index (χ1v) is 24.2. The summed E-state index contributed by atoms with van der Waals surface area (Å²) in [6, 6.07) is 29.6. The highest BCUT2D eigenvalue weighted by Crippen LogP contribution is 2.24. The lowest BCUT2D eigenvalue weighted by atomic mass is 9.99. The third kappa shape index (κ3) is 15.9. The normalized spacial score (nSPS) is 12.9. The zero-order chi connectivity index (χ0) is 48.8. The molecule has 6 aromatic rings. The van der Waals surface area contributed by atoms with Gasteiger partial charge in [0, 0.05) is 61.0 Å². The Morgan fingerprint density at radius 2 is 1.03 bits per heavy atom. The summed E-state index contributed by atoms with van der Waals surface area (Å²) in [6.45, 7) is 9.72. The van der Waals surface area contributed by atoms with Crippen molar-refractivity contribution in [2.24, 2.45) is 0 Å². The summed E-state index contributed by atoms with van der Waals surface area (Å²) >= 11 is 0. The van der Waals surface area contributed by atoms with Gasteiger partial charge < -0.3 is 39.8 Å². The van der Waals surface area contributed by atoms with Gasteiger partial charge in [-0.2, -0.15) is 0 Å². The molecular weight excluding hydrogens is 901 g/mol. The molecule has 0 aliphatic carbocycles. The Morgan fingerprint density at radius 1 is 0.627 bits per heavy atom. The molecule has 18 nitrogen and oxygen atoms in total. The van der Waals surface area contributed by atoms with Gasteiger partial charge in [0.05, 0.1) is 41.8 Å². The Morgan fingerprint density at radius 3 is 1.42 bits per heavy atom. The van der Waals surface area contributed by atoms with E-state index in [1.807, 2.05) is 32.3 Å². The standard InChI is InChI=1S/C24H30N4O5S.C23H28N4O5S/c1-24(2,12-13-28-16-21(25-17-28)23(30)33-3)26-15-22(29)18-8-7-9-19(14-18)27-34(31,32)20-10-5-4-6-11-20;1-23(2,11-12-27-15-20(22(29)30)24-16-27)25-14-21(28)17-7-6-8-18(13-17)26-33(31,32)19-9-4-3-5-10-19/h4-11,14,16-17,22,26-27,29H,12-13,15H2,1-3H3;3-10,13,15-16,21,25-26,28H,11-12,14H2,1-2H3,(H,29,30). The average Bonchev–Trinajstić information content (AvgIpc) is 4.00. The second kappa shape index (κ2) is 22.9. The van der Waals surface area contributed by atoms with E-state index in [2.05, 4.69) is 34.8 Å². The van der Waals surface area contributed by atoms with E-state index < -0.39 is 44.2 Å². The van der Waals surface area contributed by atoms with Crippen molar-refractivity contribution in [1.82, 2.24) is 29.7 Å². The van der Waals surface area contributed by atoms with Crippen molar-refractivity contribution in [3.8, 4) is 0 Å². The number of imidazole rings is 2. The fourth-order valence-electron chi connectivity index (χ4n) is 6.51. The van der Waals surface area contributed by atoms with E-state index in [9.17, 15) is 36.6 Å². The van der Waals surface area contributed by atoms with Crippen molar-refractivity contribution in [3.63, 3.8) is 0 Å². The van der Waals surface area contributed by atoms with Crippen molar-refractivity contribution in [3.05, 3.63) is 157 Å². The molecule has 0 amide bonds. The largest absolute Gasteiger partial charge is 0.476 e.